The largest absolute Gasteiger partial charge is 0.497 e. The van der Waals surface area contributed by atoms with Crippen LogP contribution in [0.5, 0.6) is 11.5 Å². The Hall–Kier alpha value is -3.44. The highest BCUT2D eigenvalue weighted by atomic mass is 32.2. The molecule has 4 aromatic carbocycles. The minimum atomic E-state index is -0.0649. The Kier molecular flexibility index (Phi) is 4.60. The summed E-state index contributed by atoms with van der Waals surface area (Å²) in [6.07, 6.45) is 0. The lowest BCUT2D eigenvalue weighted by molar-refractivity contribution is 0.1000. The maximum atomic E-state index is 13.9. The van der Waals surface area contributed by atoms with Crippen LogP contribution in [0.4, 0.5) is 11.4 Å². The molecule has 5 rings (SSSR count). The van der Waals surface area contributed by atoms with Crippen LogP contribution in [0.2, 0.25) is 0 Å². The Labute approximate surface area is 179 Å². The Morgan fingerprint density at radius 3 is 2.00 bits per heavy atom. The standard InChI is InChI=1S/C25H19NO3S/c1-28-17-10-12-21-23(14-17)30-24-15-18(29-2)11-13-22(24)26(21)25(27)20-9-5-7-16-6-3-4-8-19(16)20/h3-15H,1-2H3. The number of fused-ring (bicyclic) bond motifs is 3. The molecule has 0 aromatic heterocycles. The SMILES string of the molecule is COc1ccc2c(c1)Sc1cc(OC)ccc1N2C(=O)c1cccc2ccccc12. The van der Waals surface area contributed by atoms with Crippen molar-refractivity contribution in [3.05, 3.63) is 84.4 Å². The monoisotopic (exact) mass is 413 g/mol. The maximum Gasteiger partial charge on any atom is 0.263 e. The third-order valence-corrected chi connectivity index (χ3v) is 6.35. The third kappa shape index (κ3) is 2.99. The van der Waals surface area contributed by atoms with Crippen molar-refractivity contribution in [2.45, 2.75) is 9.79 Å². The number of anilines is 2. The molecule has 4 nitrogen and oxygen atoms in total. The number of methoxy groups -OCH3 is 2. The topological polar surface area (TPSA) is 38.8 Å². The lowest BCUT2D eigenvalue weighted by Crippen LogP contribution is -2.28. The van der Waals surface area contributed by atoms with Gasteiger partial charge in [-0.05, 0) is 53.2 Å². The van der Waals surface area contributed by atoms with Crippen molar-refractivity contribution in [3.63, 3.8) is 0 Å². The van der Waals surface area contributed by atoms with Gasteiger partial charge in [-0.3, -0.25) is 9.69 Å². The van der Waals surface area contributed by atoms with Crippen molar-refractivity contribution in [2.24, 2.45) is 0 Å². The average Bonchev–Trinajstić information content (AvgIpc) is 2.80. The van der Waals surface area contributed by atoms with Crippen LogP contribution in [0.1, 0.15) is 10.4 Å². The van der Waals surface area contributed by atoms with Crippen LogP contribution < -0.4 is 14.4 Å². The second-order valence-electron chi connectivity index (χ2n) is 6.94. The minimum Gasteiger partial charge on any atom is -0.497 e. The molecule has 4 aromatic rings. The number of carbonyl (C=O) groups excluding carboxylic acids is 1. The number of amides is 1. The van der Waals surface area contributed by atoms with E-state index in [1.165, 1.54) is 0 Å². The molecule has 0 saturated carbocycles. The predicted molar refractivity (Wildman–Crippen MR) is 121 cm³/mol. The number of benzene rings is 4. The van der Waals surface area contributed by atoms with Gasteiger partial charge in [0.05, 0.1) is 25.6 Å². The van der Waals surface area contributed by atoms with Gasteiger partial charge in [-0.1, -0.05) is 48.2 Å². The van der Waals surface area contributed by atoms with Crippen LogP contribution in [0.15, 0.2) is 88.7 Å². The molecule has 0 saturated heterocycles. The molecule has 0 atom stereocenters. The number of rotatable bonds is 3. The number of nitrogens with zero attached hydrogens (tertiary/aromatic N) is 1. The molecule has 0 aliphatic carbocycles. The summed E-state index contributed by atoms with van der Waals surface area (Å²) in [6, 6.07) is 25.4. The molecule has 5 heteroatoms. The molecule has 0 N–H and O–H groups in total. The maximum absolute atomic E-state index is 13.9. The molecule has 0 fully saturated rings. The molecule has 1 aliphatic heterocycles. The van der Waals surface area contributed by atoms with Crippen molar-refractivity contribution in [2.75, 3.05) is 19.1 Å². The zero-order valence-electron chi connectivity index (χ0n) is 16.6. The van der Waals surface area contributed by atoms with Gasteiger partial charge in [0.2, 0.25) is 0 Å². The van der Waals surface area contributed by atoms with E-state index in [1.54, 1.807) is 30.9 Å². The fraction of sp³-hybridized carbons (Fsp3) is 0.0800. The summed E-state index contributed by atoms with van der Waals surface area (Å²) in [5.74, 6) is 1.44. The summed E-state index contributed by atoms with van der Waals surface area (Å²) in [4.78, 5) is 17.6. The highest BCUT2D eigenvalue weighted by Gasteiger charge is 2.30. The zero-order valence-corrected chi connectivity index (χ0v) is 17.4. The second-order valence-corrected chi connectivity index (χ2v) is 8.02. The normalized spacial score (nSPS) is 12.3. The van der Waals surface area contributed by atoms with Gasteiger partial charge in [0.1, 0.15) is 11.5 Å². The summed E-state index contributed by atoms with van der Waals surface area (Å²) in [5.41, 5.74) is 2.36. The predicted octanol–water partition coefficient (Wildman–Crippen LogP) is 6.30. The molecule has 30 heavy (non-hydrogen) atoms. The molecule has 148 valence electrons. The summed E-state index contributed by atoms with van der Waals surface area (Å²) < 4.78 is 10.8. The minimum absolute atomic E-state index is 0.0649. The highest BCUT2D eigenvalue weighted by Crippen LogP contribution is 2.50. The van der Waals surface area contributed by atoms with E-state index in [9.17, 15) is 4.79 Å². The van der Waals surface area contributed by atoms with E-state index in [0.717, 1.165) is 43.4 Å². The molecule has 1 aliphatic rings. The lowest BCUT2D eigenvalue weighted by Gasteiger charge is -2.32. The van der Waals surface area contributed by atoms with E-state index in [2.05, 4.69) is 0 Å². The van der Waals surface area contributed by atoms with Gasteiger partial charge in [-0.2, -0.15) is 0 Å². The molecule has 1 heterocycles. The summed E-state index contributed by atoms with van der Waals surface area (Å²) in [5, 5.41) is 1.98. The van der Waals surface area contributed by atoms with Gasteiger partial charge in [0.25, 0.3) is 5.91 Å². The first-order chi connectivity index (χ1) is 14.7. The van der Waals surface area contributed by atoms with Crippen LogP contribution in [0.3, 0.4) is 0 Å². The highest BCUT2D eigenvalue weighted by molar-refractivity contribution is 7.99. The van der Waals surface area contributed by atoms with Crippen LogP contribution in [-0.4, -0.2) is 20.1 Å². The van der Waals surface area contributed by atoms with Crippen LogP contribution in [-0.2, 0) is 0 Å². The molecule has 0 unspecified atom stereocenters. The first kappa shape index (κ1) is 18.6. The van der Waals surface area contributed by atoms with E-state index in [4.69, 9.17) is 9.47 Å². The molecular formula is C25H19NO3S. The lowest BCUT2D eigenvalue weighted by atomic mass is 10.0. The second kappa shape index (κ2) is 7.43. The molecule has 0 spiro atoms. The molecule has 0 radical (unpaired) electrons. The Bertz CT molecular complexity index is 1230. The van der Waals surface area contributed by atoms with Gasteiger partial charge in [-0.25, -0.2) is 0 Å². The first-order valence-electron chi connectivity index (χ1n) is 9.56. The smallest absolute Gasteiger partial charge is 0.263 e. The molecular weight excluding hydrogens is 394 g/mol. The summed E-state index contributed by atoms with van der Waals surface area (Å²) >= 11 is 1.61. The third-order valence-electron chi connectivity index (χ3n) is 5.26. The van der Waals surface area contributed by atoms with Crippen LogP contribution in [0.25, 0.3) is 10.8 Å². The van der Waals surface area contributed by atoms with Crippen molar-refractivity contribution in [1.82, 2.24) is 0 Å². The number of hydrogen-bond donors (Lipinski definition) is 0. The fourth-order valence-electron chi connectivity index (χ4n) is 3.78. The molecule has 0 bridgehead atoms. The zero-order chi connectivity index (χ0) is 20.7. The average molecular weight is 413 g/mol. The van der Waals surface area contributed by atoms with Crippen LogP contribution >= 0.6 is 11.8 Å². The summed E-state index contributed by atoms with van der Waals surface area (Å²) in [6.45, 7) is 0. The summed E-state index contributed by atoms with van der Waals surface area (Å²) in [7, 11) is 3.29. The van der Waals surface area contributed by atoms with E-state index in [1.807, 2.05) is 78.9 Å². The van der Waals surface area contributed by atoms with Gasteiger partial charge in [-0.15, -0.1) is 0 Å². The van der Waals surface area contributed by atoms with E-state index in [-0.39, 0.29) is 5.91 Å². The van der Waals surface area contributed by atoms with Crippen molar-refractivity contribution in [1.29, 1.82) is 0 Å². The first-order valence-corrected chi connectivity index (χ1v) is 10.4. The van der Waals surface area contributed by atoms with Gasteiger partial charge < -0.3 is 9.47 Å². The number of carbonyl (C=O) groups is 1. The van der Waals surface area contributed by atoms with Crippen molar-refractivity contribution >= 4 is 39.8 Å². The van der Waals surface area contributed by atoms with Gasteiger partial charge in [0, 0.05) is 15.4 Å². The van der Waals surface area contributed by atoms with Crippen molar-refractivity contribution in [3.8, 4) is 11.5 Å². The van der Waals surface area contributed by atoms with Crippen LogP contribution in [0, 0.1) is 0 Å². The Morgan fingerprint density at radius 2 is 1.37 bits per heavy atom. The fourth-order valence-corrected chi connectivity index (χ4v) is 4.89. The Morgan fingerprint density at radius 1 is 0.767 bits per heavy atom. The Balaban J connectivity index is 1.72. The van der Waals surface area contributed by atoms with Gasteiger partial charge >= 0.3 is 0 Å². The van der Waals surface area contributed by atoms with Crippen molar-refractivity contribution < 1.29 is 14.3 Å². The number of ether oxygens (including phenoxy) is 2. The van der Waals surface area contributed by atoms with E-state index in [0.29, 0.717) is 5.56 Å². The number of hydrogen-bond acceptors (Lipinski definition) is 4. The van der Waals surface area contributed by atoms with E-state index >= 15 is 0 Å². The van der Waals surface area contributed by atoms with Gasteiger partial charge in [0.15, 0.2) is 0 Å². The molecule has 1 amide bonds. The van der Waals surface area contributed by atoms with E-state index < -0.39 is 0 Å². The quantitative estimate of drug-likeness (QED) is 0.395.